The first kappa shape index (κ1) is 15.5. The van der Waals surface area contributed by atoms with E-state index in [1.54, 1.807) is 0 Å². The lowest BCUT2D eigenvalue weighted by Crippen LogP contribution is -2.05. The Balaban J connectivity index is 3.02. The maximum absolute atomic E-state index is 11.4. The van der Waals surface area contributed by atoms with Crippen LogP contribution >= 0.6 is 0 Å². The van der Waals surface area contributed by atoms with Gasteiger partial charge in [-0.25, -0.2) is 0 Å². The summed E-state index contributed by atoms with van der Waals surface area (Å²) in [6.45, 7) is 0. The number of rotatable bonds is 3. The average molecular weight is 333 g/mol. The lowest BCUT2D eigenvalue weighted by molar-refractivity contribution is 0.417. The molecule has 0 fully saturated rings. The maximum Gasteiger partial charge on any atom is 0.295 e. The Morgan fingerprint density at radius 1 is 1.00 bits per heavy atom. The van der Waals surface area contributed by atoms with Gasteiger partial charge in [-0.2, -0.15) is 16.8 Å². The zero-order chi connectivity index (χ0) is 16.0. The molecule has 2 aromatic carbocycles. The van der Waals surface area contributed by atoms with E-state index in [9.17, 15) is 21.4 Å². The van der Waals surface area contributed by atoms with Crippen LogP contribution in [0.5, 0.6) is 5.75 Å². The molecule has 0 aliphatic heterocycles. The second-order valence-corrected chi connectivity index (χ2v) is 7.00. The molecule has 2 aromatic rings. The van der Waals surface area contributed by atoms with E-state index >= 15 is 0 Å². The fourth-order valence-corrected chi connectivity index (χ4v) is 3.23. The van der Waals surface area contributed by atoms with Crippen LogP contribution in [-0.4, -0.2) is 33.1 Å². The molecule has 10 heteroatoms. The summed E-state index contributed by atoms with van der Waals surface area (Å²) in [7, 11) is -8.05. The molecular formula is C11H11NO7S2. The van der Waals surface area contributed by atoms with Gasteiger partial charge in [0, 0.05) is 5.39 Å². The minimum Gasteiger partial charge on any atom is -0.495 e. The Bertz CT molecular complexity index is 933. The van der Waals surface area contributed by atoms with Gasteiger partial charge in [-0.1, -0.05) is 0 Å². The summed E-state index contributed by atoms with van der Waals surface area (Å²) in [4.78, 5) is -1.35. The minimum atomic E-state index is -4.72. The Morgan fingerprint density at radius 2 is 1.62 bits per heavy atom. The number of anilines is 1. The van der Waals surface area contributed by atoms with Crippen LogP contribution in [0.15, 0.2) is 34.1 Å². The van der Waals surface area contributed by atoms with Crippen molar-refractivity contribution in [1.29, 1.82) is 0 Å². The highest BCUT2D eigenvalue weighted by Crippen LogP contribution is 2.33. The van der Waals surface area contributed by atoms with Crippen molar-refractivity contribution in [3.63, 3.8) is 0 Å². The molecule has 21 heavy (non-hydrogen) atoms. The van der Waals surface area contributed by atoms with Crippen molar-refractivity contribution in [3.8, 4) is 5.75 Å². The topological polar surface area (TPSA) is 144 Å². The molecule has 0 bridgehead atoms. The highest BCUT2D eigenvalue weighted by Gasteiger charge is 2.21. The van der Waals surface area contributed by atoms with Crippen molar-refractivity contribution >= 4 is 36.7 Å². The molecule has 0 radical (unpaired) electrons. The van der Waals surface area contributed by atoms with Gasteiger partial charge in [-0.15, -0.1) is 0 Å². The first-order valence-electron chi connectivity index (χ1n) is 5.40. The molecular weight excluding hydrogens is 322 g/mol. The van der Waals surface area contributed by atoms with E-state index < -0.39 is 30.0 Å². The minimum absolute atomic E-state index is 0.00296. The van der Waals surface area contributed by atoms with Crippen molar-refractivity contribution in [2.75, 3.05) is 12.8 Å². The molecule has 0 unspecified atom stereocenters. The van der Waals surface area contributed by atoms with Crippen LogP contribution in [0.1, 0.15) is 0 Å². The third kappa shape index (κ3) is 2.93. The van der Waals surface area contributed by atoms with Crippen molar-refractivity contribution in [3.05, 3.63) is 24.3 Å². The summed E-state index contributed by atoms with van der Waals surface area (Å²) in [5.74, 6) is 0.191. The van der Waals surface area contributed by atoms with Gasteiger partial charge in [0.15, 0.2) is 0 Å². The quantitative estimate of drug-likeness (QED) is 0.555. The molecule has 8 nitrogen and oxygen atoms in total. The Labute approximate surface area is 120 Å². The number of fused-ring (bicyclic) bond motifs is 1. The van der Waals surface area contributed by atoms with Crippen LogP contribution in [0, 0.1) is 0 Å². The van der Waals surface area contributed by atoms with Crippen LogP contribution in [0.25, 0.3) is 10.8 Å². The zero-order valence-corrected chi connectivity index (χ0v) is 12.3. The predicted octanol–water partition coefficient (Wildman–Crippen LogP) is 0.924. The van der Waals surface area contributed by atoms with Crippen LogP contribution in [0.4, 0.5) is 5.69 Å². The number of nitrogen functional groups attached to an aromatic ring is 1. The second kappa shape index (κ2) is 4.84. The van der Waals surface area contributed by atoms with E-state index in [1.165, 1.54) is 19.2 Å². The number of hydrogen-bond donors (Lipinski definition) is 3. The second-order valence-electron chi connectivity index (χ2n) is 4.19. The predicted molar refractivity (Wildman–Crippen MR) is 74.5 cm³/mol. The van der Waals surface area contributed by atoms with Crippen LogP contribution < -0.4 is 10.5 Å². The van der Waals surface area contributed by atoms with Crippen molar-refractivity contribution in [2.45, 2.75) is 9.79 Å². The van der Waals surface area contributed by atoms with Crippen molar-refractivity contribution < 1.29 is 30.7 Å². The number of benzene rings is 2. The third-order valence-corrected chi connectivity index (χ3v) is 4.54. The summed E-state index contributed by atoms with van der Waals surface area (Å²) >= 11 is 0. The highest BCUT2D eigenvalue weighted by atomic mass is 32.2. The molecule has 114 valence electrons. The normalized spacial score (nSPS) is 12.5. The van der Waals surface area contributed by atoms with Gasteiger partial charge in [-0.05, 0) is 29.7 Å². The smallest absolute Gasteiger partial charge is 0.295 e. The molecule has 0 aliphatic carbocycles. The van der Waals surface area contributed by atoms with Gasteiger partial charge in [0.1, 0.15) is 10.6 Å². The van der Waals surface area contributed by atoms with Gasteiger partial charge in [0.25, 0.3) is 20.2 Å². The van der Waals surface area contributed by atoms with E-state index in [2.05, 4.69) is 0 Å². The largest absolute Gasteiger partial charge is 0.495 e. The molecule has 0 saturated carbocycles. The molecule has 4 N–H and O–H groups in total. The van der Waals surface area contributed by atoms with E-state index in [1.807, 2.05) is 0 Å². The first-order valence-corrected chi connectivity index (χ1v) is 8.28. The van der Waals surface area contributed by atoms with Crippen LogP contribution in [-0.2, 0) is 20.2 Å². The molecule has 0 saturated heterocycles. The van der Waals surface area contributed by atoms with Crippen molar-refractivity contribution in [2.24, 2.45) is 0 Å². The number of hydrogen-bond acceptors (Lipinski definition) is 6. The molecule has 0 atom stereocenters. The van der Waals surface area contributed by atoms with E-state index in [-0.39, 0.29) is 22.2 Å². The number of ether oxygens (including phenoxy) is 1. The summed E-state index contributed by atoms with van der Waals surface area (Å²) < 4.78 is 68.4. The third-order valence-electron chi connectivity index (χ3n) is 2.81. The zero-order valence-electron chi connectivity index (χ0n) is 10.6. The summed E-state index contributed by atoms with van der Waals surface area (Å²) in [6, 6.07) is 4.22. The van der Waals surface area contributed by atoms with E-state index in [0.29, 0.717) is 6.07 Å². The molecule has 0 amide bonds. The Hall–Kier alpha value is -1.88. The summed E-state index contributed by atoms with van der Waals surface area (Å²) in [5.41, 5.74) is 5.77. The maximum atomic E-state index is 11.4. The molecule has 0 heterocycles. The monoisotopic (exact) mass is 333 g/mol. The number of nitrogens with two attached hydrogens (primary N) is 1. The van der Waals surface area contributed by atoms with Crippen LogP contribution in [0.2, 0.25) is 0 Å². The van der Waals surface area contributed by atoms with Gasteiger partial charge >= 0.3 is 0 Å². The Morgan fingerprint density at radius 3 is 2.10 bits per heavy atom. The van der Waals surface area contributed by atoms with Crippen molar-refractivity contribution in [1.82, 2.24) is 0 Å². The van der Waals surface area contributed by atoms with Crippen LogP contribution in [0.3, 0.4) is 0 Å². The fourth-order valence-electron chi connectivity index (χ4n) is 1.89. The lowest BCUT2D eigenvalue weighted by atomic mass is 10.1. The van der Waals surface area contributed by atoms with Gasteiger partial charge < -0.3 is 10.5 Å². The Kier molecular flexibility index (Phi) is 3.58. The molecule has 0 aromatic heterocycles. The standard InChI is InChI=1S/C11H11NO7S2/c1-19-10-3-6-2-7(20(13,14)15)4-11(21(16,17)18)8(6)5-9(10)12/h2-5H,12H2,1H3,(H,13,14,15)(H,16,17,18). The highest BCUT2D eigenvalue weighted by molar-refractivity contribution is 7.86. The lowest BCUT2D eigenvalue weighted by Gasteiger charge is -2.10. The first-order chi connectivity index (χ1) is 9.54. The molecule has 0 aliphatic rings. The average Bonchev–Trinajstić information content (AvgIpc) is 2.34. The number of methoxy groups -OCH3 is 1. The summed E-state index contributed by atoms with van der Waals surface area (Å²) in [5, 5.41) is 0.118. The molecule has 2 rings (SSSR count). The van der Waals surface area contributed by atoms with Gasteiger partial charge in [0.05, 0.1) is 17.7 Å². The summed E-state index contributed by atoms with van der Waals surface area (Å²) in [6.07, 6.45) is 0. The van der Waals surface area contributed by atoms with E-state index in [0.717, 1.165) is 6.07 Å². The SMILES string of the molecule is COc1cc2cc(S(=O)(=O)O)cc(S(=O)(=O)O)c2cc1N. The fraction of sp³-hybridized carbons (Fsp3) is 0.0909. The van der Waals surface area contributed by atoms with Gasteiger partial charge in [-0.3, -0.25) is 9.11 Å². The van der Waals surface area contributed by atoms with E-state index in [4.69, 9.17) is 15.0 Å². The molecule has 0 spiro atoms. The van der Waals surface area contributed by atoms with Gasteiger partial charge in [0.2, 0.25) is 0 Å².